The molecule has 1 saturated heterocycles. The summed E-state index contributed by atoms with van der Waals surface area (Å²) in [7, 11) is 1.64. The van der Waals surface area contributed by atoms with Crippen molar-refractivity contribution >= 4 is 22.8 Å². The minimum atomic E-state index is -0.313. The summed E-state index contributed by atoms with van der Waals surface area (Å²) in [5.41, 5.74) is 1.80. The van der Waals surface area contributed by atoms with Crippen LogP contribution in [0.5, 0.6) is 5.75 Å². The fraction of sp³-hybridized carbons (Fsp3) is 0.550. The molecule has 0 bridgehead atoms. The lowest BCUT2D eigenvalue weighted by molar-refractivity contribution is -0.143. The molecular weight excluding hydrogens is 344 g/mol. The molecular formula is C20H26N4O3. The molecule has 1 aromatic carbocycles. The molecule has 1 aliphatic carbocycles. The van der Waals surface area contributed by atoms with E-state index in [4.69, 9.17) is 4.74 Å². The lowest BCUT2D eigenvalue weighted by atomic mass is 10.0. The van der Waals surface area contributed by atoms with Gasteiger partial charge in [-0.05, 0) is 44.2 Å². The third kappa shape index (κ3) is 3.91. The summed E-state index contributed by atoms with van der Waals surface area (Å²) in [6, 6.07) is 5.39. The van der Waals surface area contributed by atoms with Gasteiger partial charge in [-0.2, -0.15) is 0 Å². The Morgan fingerprint density at radius 3 is 2.93 bits per heavy atom. The van der Waals surface area contributed by atoms with Gasteiger partial charge >= 0.3 is 0 Å². The van der Waals surface area contributed by atoms with Crippen LogP contribution in [0.4, 0.5) is 0 Å². The number of hydrogen-bond donors (Lipinski definition) is 2. The van der Waals surface area contributed by atoms with Gasteiger partial charge in [-0.25, -0.2) is 4.98 Å². The third-order valence-corrected chi connectivity index (χ3v) is 5.41. The number of ether oxygens (including phenoxy) is 1. The molecule has 2 aliphatic rings. The van der Waals surface area contributed by atoms with Crippen LogP contribution < -0.4 is 10.1 Å². The number of likely N-dealkylation sites (tertiary alicyclic amines) is 1. The first-order valence-corrected chi connectivity index (χ1v) is 9.76. The van der Waals surface area contributed by atoms with E-state index in [0.717, 1.165) is 54.7 Å². The number of hydrogen-bond acceptors (Lipinski definition) is 4. The number of nitrogens with zero attached hydrogens (tertiary/aromatic N) is 2. The van der Waals surface area contributed by atoms with Crippen LogP contribution in [0, 0.1) is 5.92 Å². The highest BCUT2D eigenvalue weighted by atomic mass is 16.5. The monoisotopic (exact) mass is 370 g/mol. The first kappa shape index (κ1) is 17.8. The average molecular weight is 370 g/mol. The maximum Gasteiger partial charge on any atom is 0.242 e. The Kier molecular flexibility index (Phi) is 5.01. The van der Waals surface area contributed by atoms with Gasteiger partial charge in [0.05, 0.1) is 18.1 Å². The van der Waals surface area contributed by atoms with Crippen molar-refractivity contribution in [3.63, 3.8) is 0 Å². The second-order valence-corrected chi connectivity index (χ2v) is 7.43. The van der Waals surface area contributed by atoms with E-state index >= 15 is 0 Å². The lowest BCUT2D eigenvalue weighted by Crippen LogP contribution is -2.52. The number of carbonyl (C=O) groups is 2. The number of methoxy groups -OCH3 is 1. The van der Waals surface area contributed by atoms with Crippen molar-refractivity contribution in [1.82, 2.24) is 20.2 Å². The van der Waals surface area contributed by atoms with Gasteiger partial charge in [0.1, 0.15) is 17.6 Å². The van der Waals surface area contributed by atoms with Crippen LogP contribution in [-0.2, 0) is 16.0 Å². The molecule has 2 fully saturated rings. The molecule has 0 spiro atoms. The van der Waals surface area contributed by atoms with Gasteiger partial charge in [0.25, 0.3) is 0 Å². The number of amides is 2. The fourth-order valence-electron chi connectivity index (χ4n) is 3.74. The predicted octanol–water partition coefficient (Wildman–Crippen LogP) is 2.02. The van der Waals surface area contributed by atoms with Gasteiger partial charge in [-0.15, -0.1) is 0 Å². The predicted molar refractivity (Wildman–Crippen MR) is 101 cm³/mol. The number of H-pyrrole nitrogens is 1. The number of aromatic amines is 1. The molecule has 1 aromatic heterocycles. The zero-order chi connectivity index (χ0) is 18.8. The van der Waals surface area contributed by atoms with E-state index < -0.39 is 0 Å². The summed E-state index contributed by atoms with van der Waals surface area (Å²) >= 11 is 0. The molecule has 27 heavy (non-hydrogen) atoms. The molecule has 1 saturated carbocycles. The van der Waals surface area contributed by atoms with Crippen molar-refractivity contribution in [2.45, 2.75) is 44.6 Å². The van der Waals surface area contributed by atoms with Crippen molar-refractivity contribution in [3.8, 4) is 5.75 Å². The first-order valence-electron chi connectivity index (χ1n) is 9.76. The number of benzene rings is 1. The van der Waals surface area contributed by atoms with Crippen LogP contribution in [0.15, 0.2) is 18.2 Å². The van der Waals surface area contributed by atoms with Crippen LogP contribution in [0.1, 0.15) is 37.9 Å². The number of piperidine rings is 1. The highest BCUT2D eigenvalue weighted by Gasteiger charge is 2.39. The van der Waals surface area contributed by atoms with E-state index in [2.05, 4.69) is 15.3 Å². The third-order valence-electron chi connectivity index (χ3n) is 5.41. The summed E-state index contributed by atoms with van der Waals surface area (Å²) in [5.74, 6) is 1.89. The summed E-state index contributed by atoms with van der Waals surface area (Å²) in [6.45, 7) is 1.20. The summed E-state index contributed by atoms with van der Waals surface area (Å²) in [6.07, 6.45) is 5.31. The first-order chi connectivity index (χ1) is 13.2. The van der Waals surface area contributed by atoms with Crippen LogP contribution >= 0.6 is 0 Å². The minimum absolute atomic E-state index is 0.0403. The summed E-state index contributed by atoms with van der Waals surface area (Å²) in [5, 5.41) is 2.99. The number of nitrogens with one attached hydrogen (secondary N) is 2. The van der Waals surface area contributed by atoms with E-state index in [9.17, 15) is 9.59 Å². The Hall–Kier alpha value is -2.57. The Labute approximate surface area is 158 Å². The van der Waals surface area contributed by atoms with Gasteiger partial charge in [0.2, 0.25) is 11.8 Å². The number of aromatic nitrogens is 2. The highest BCUT2D eigenvalue weighted by molar-refractivity contribution is 5.89. The van der Waals surface area contributed by atoms with Crippen LogP contribution in [0.25, 0.3) is 11.0 Å². The summed E-state index contributed by atoms with van der Waals surface area (Å²) < 4.78 is 5.22. The smallest absolute Gasteiger partial charge is 0.242 e. The number of carbonyl (C=O) groups excluding carboxylic acids is 2. The van der Waals surface area contributed by atoms with E-state index in [-0.39, 0.29) is 23.8 Å². The van der Waals surface area contributed by atoms with Crippen LogP contribution in [0.3, 0.4) is 0 Å². The number of rotatable bonds is 6. The molecule has 0 radical (unpaired) electrons. The molecule has 4 rings (SSSR count). The Morgan fingerprint density at radius 1 is 1.30 bits per heavy atom. The SMILES string of the molecule is COc1ccc2nc(CCNC(=O)[C@@H]3CCCCN3C(=O)C3CC3)[nH]c2c1. The number of fused-ring (bicyclic) bond motifs is 1. The van der Waals surface area contributed by atoms with Gasteiger partial charge in [-0.3, -0.25) is 9.59 Å². The topological polar surface area (TPSA) is 87.3 Å². The Bertz CT molecular complexity index is 843. The van der Waals surface area contributed by atoms with E-state index in [1.807, 2.05) is 23.1 Å². The molecule has 144 valence electrons. The lowest BCUT2D eigenvalue weighted by Gasteiger charge is -2.34. The minimum Gasteiger partial charge on any atom is -0.497 e. The number of imidazole rings is 1. The van der Waals surface area contributed by atoms with Crippen LogP contribution in [-0.4, -0.2) is 52.9 Å². The van der Waals surface area contributed by atoms with E-state index in [1.54, 1.807) is 7.11 Å². The zero-order valence-corrected chi connectivity index (χ0v) is 15.7. The zero-order valence-electron chi connectivity index (χ0n) is 15.7. The molecule has 2 aromatic rings. The molecule has 7 heteroatoms. The molecule has 2 N–H and O–H groups in total. The van der Waals surface area contributed by atoms with Gasteiger partial charge in [0.15, 0.2) is 0 Å². The largest absolute Gasteiger partial charge is 0.497 e. The maximum atomic E-state index is 12.6. The maximum absolute atomic E-state index is 12.6. The second-order valence-electron chi connectivity index (χ2n) is 7.43. The molecule has 1 aliphatic heterocycles. The van der Waals surface area contributed by atoms with Crippen molar-refractivity contribution in [2.75, 3.05) is 20.2 Å². The van der Waals surface area contributed by atoms with Crippen molar-refractivity contribution < 1.29 is 14.3 Å². The molecule has 7 nitrogen and oxygen atoms in total. The van der Waals surface area contributed by atoms with E-state index in [1.165, 1.54) is 0 Å². The second kappa shape index (κ2) is 7.58. The molecule has 2 amide bonds. The quantitative estimate of drug-likeness (QED) is 0.814. The fourth-order valence-corrected chi connectivity index (χ4v) is 3.74. The molecule has 0 unspecified atom stereocenters. The van der Waals surface area contributed by atoms with Gasteiger partial charge < -0.3 is 19.9 Å². The Morgan fingerprint density at radius 2 is 2.15 bits per heavy atom. The van der Waals surface area contributed by atoms with Crippen molar-refractivity contribution in [2.24, 2.45) is 5.92 Å². The van der Waals surface area contributed by atoms with Gasteiger partial charge in [-0.1, -0.05) is 0 Å². The normalized spacial score (nSPS) is 19.9. The Balaban J connectivity index is 1.33. The average Bonchev–Trinajstić information content (AvgIpc) is 3.46. The molecule has 2 heterocycles. The summed E-state index contributed by atoms with van der Waals surface area (Å²) in [4.78, 5) is 34.7. The van der Waals surface area contributed by atoms with E-state index in [0.29, 0.717) is 19.5 Å². The van der Waals surface area contributed by atoms with Crippen molar-refractivity contribution in [3.05, 3.63) is 24.0 Å². The van der Waals surface area contributed by atoms with Crippen molar-refractivity contribution in [1.29, 1.82) is 0 Å². The molecule has 1 atom stereocenters. The van der Waals surface area contributed by atoms with Crippen LogP contribution in [0.2, 0.25) is 0 Å². The standard InChI is InChI=1S/C20H26N4O3/c1-27-14-7-8-15-16(12-14)23-18(22-15)9-10-21-19(25)17-4-2-3-11-24(17)20(26)13-5-6-13/h7-8,12-13,17H,2-6,9-11H2,1H3,(H,21,25)(H,22,23)/t17-/m0/s1. The highest BCUT2D eigenvalue weighted by Crippen LogP contribution is 2.33. The van der Waals surface area contributed by atoms with Gasteiger partial charge in [0, 0.05) is 31.5 Å².